The maximum Gasteiger partial charge on any atom is 0.222 e. The summed E-state index contributed by atoms with van der Waals surface area (Å²) < 4.78 is 39.0. The molecule has 1 amide bonds. The van der Waals surface area contributed by atoms with Crippen LogP contribution in [0.4, 0.5) is 5.82 Å². The topological polar surface area (TPSA) is 112 Å². The smallest absolute Gasteiger partial charge is 0.222 e. The zero-order chi connectivity index (χ0) is 22.6. The van der Waals surface area contributed by atoms with Crippen LogP contribution in [0.25, 0.3) is 22.2 Å². The number of rotatable bonds is 4. The number of amides is 1. The molecule has 0 spiro atoms. The van der Waals surface area contributed by atoms with Gasteiger partial charge in [-0.3, -0.25) is 4.79 Å². The molecule has 0 aromatic carbocycles. The minimum atomic E-state index is -3.59. The number of nitrogens with one attached hydrogen (secondary N) is 1. The molecule has 10 heteroatoms. The van der Waals surface area contributed by atoms with Crippen LogP contribution in [0.1, 0.15) is 26.2 Å². The number of ether oxygens (including phenoxy) is 2. The number of hydrogen-bond donors (Lipinski definition) is 1. The van der Waals surface area contributed by atoms with E-state index in [1.807, 2.05) is 17.8 Å². The predicted octanol–water partition coefficient (Wildman–Crippen LogP) is 2.94. The minimum Gasteiger partial charge on any atom is -0.484 e. The maximum atomic E-state index is 12.4. The highest BCUT2D eigenvalue weighted by Gasteiger charge is 2.35. The maximum absolute atomic E-state index is 12.4. The first-order chi connectivity index (χ1) is 15.2. The molecule has 3 aromatic heterocycles. The second-order valence-electron chi connectivity index (χ2n) is 8.49. The van der Waals surface area contributed by atoms with E-state index in [1.165, 1.54) is 19.4 Å². The molecule has 3 aromatic rings. The van der Waals surface area contributed by atoms with Gasteiger partial charge in [0.1, 0.15) is 24.2 Å². The number of pyridine rings is 2. The van der Waals surface area contributed by atoms with E-state index in [0.29, 0.717) is 41.1 Å². The number of nitrogens with zero attached hydrogens (tertiary/aromatic N) is 3. The first-order valence-corrected chi connectivity index (χ1v) is 12.4. The van der Waals surface area contributed by atoms with Gasteiger partial charge in [-0.25, -0.2) is 18.4 Å². The fourth-order valence-electron chi connectivity index (χ4n) is 4.21. The lowest BCUT2D eigenvalue weighted by atomic mass is 9.81. The molecule has 0 bridgehead atoms. The Balaban J connectivity index is 1.69. The van der Waals surface area contributed by atoms with Crippen LogP contribution in [-0.4, -0.2) is 47.8 Å². The van der Waals surface area contributed by atoms with E-state index in [0.717, 1.165) is 30.0 Å². The molecule has 2 aliphatic rings. The van der Waals surface area contributed by atoms with E-state index in [2.05, 4.69) is 15.3 Å². The van der Waals surface area contributed by atoms with Gasteiger partial charge in [-0.2, -0.15) is 0 Å². The lowest BCUT2D eigenvalue weighted by molar-refractivity contribution is -0.114. The van der Waals surface area contributed by atoms with Gasteiger partial charge in [0.2, 0.25) is 5.91 Å². The molecular weight excluding hydrogens is 432 g/mol. The highest BCUT2D eigenvalue weighted by Crippen LogP contribution is 2.45. The van der Waals surface area contributed by atoms with E-state index in [1.54, 1.807) is 12.3 Å². The van der Waals surface area contributed by atoms with Crippen LogP contribution < -0.4 is 14.8 Å². The number of aromatic nitrogens is 3. The largest absolute Gasteiger partial charge is 0.484 e. The first kappa shape index (κ1) is 20.7. The Morgan fingerprint density at radius 2 is 2.06 bits per heavy atom. The van der Waals surface area contributed by atoms with Gasteiger partial charge in [-0.05, 0) is 24.8 Å². The number of fused-ring (bicyclic) bond motifs is 2. The Morgan fingerprint density at radius 1 is 1.28 bits per heavy atom. The number of sulfone groups is 1. The molecule has 5 rings (SSSR count). The summed E-state index contributed by atoms with van der Waals surface area (Å²) in [5.74, 6) is 1.41. The van der Waals surface area contributed by atoms with Crippen molar-refractivity contribution in [2.75, 3.05) is 18.2 Å². The summed E-state index contributed by atoms with van der Waals surface area (Å²) in [4.78, 5) is 20.3. The van der Waals surface area contributed by atoms with Gasteiger partial charge >= 0.3 is 0 Å². The Kier molecular flexibility index (Phi) is 4.85. The summed E-state index contributed by atoms with van der Waals surface area (Å²) in [7, 11) is -1.73. The zero-order valence-electron chi connectivity index (χ0n) is 18.1. The van der Waals surface area contributed by atoms with Crippen molar-refractivity contribution >= 4 is 32.5 Å². The van der Waals surface area contributed by atoms with Gasteiger partial charge in [-0.1, -0.05) is 6.42 Å². The summed E-state index contributed by atoms with van der Waals surface area (Å²) >= 11 is 0. The van der Waals surface area contributed by atoms with Crippen LogP contribution in [0.15, 0.2) is 29.6 Å². The minimum absolute atomic E-state index is 0.0720. The van der Waals surface area contributed by atoms with Gasteiger partial charge in [0, 0.05) is 43.4 Å². The van der Waals surface area contributed by atoms with Crippen LogP contribution in [0, 0.1) is 5.92 Å². The van der Waals surface area contributed by atoms with Crippen LogP contribution in [0.5, 0.6) is 11.5 Å². The van der Waals surface area contributed by atoms with E-state index in [9.17, 15) is 13.2 Å². The summed E-state index contributed by atoms with van der Waals surface area (Å²) in [6.07, 6.45) is 7.88. The van der Waals surface area contributed by atoms with Crippen LogP contribution in [0.3, 0.4) is 0 Å². The van der Waals surface area contributed by atoms with Gasteiger partial charge in [-0.15, -0.1) is 0 Å². The van der Waals surface area contributed by atoms with Crippen molar-refractivity contribution in [1.82, 2.24) is 14.5 Å². The molecule has 32 heavy (non-hydrogen) atoms. The van der Waals surface area contributed by atoms with E-state index in [4.69, 9.17) is 9.47 Å². The Morgan fingerprint density at radius 3 is 2.72 bits per heavy atom. The lowest BCUT2D eigenvalue weighted by Gasteiger charge is -2.37. The normalized spacial score (nSPS) is 18.4. The third-order valence-corrected chi connectivity index (χ3v) is 7.05. The third kappa shape index (κ3) is 3.58. The SMILES string of the molecule is CC(=O)Nc1cc2c(-c3nc(S(C)(=O)=O)cc4c3OCC(C3CCC3)O4)cn(C)c2cn1. The predicted molar refractivity (Wildman–Crippen MR) is 119 cm³/mol. The highest BCUT2D eigenvalue weighted by atomic mass is 32.2. The average molecular weight is 457 g/mol. The summed E-state index contributed by atoms with van der Waals surface area (Å²) in [5, 5.41) is 3.37. The highest BCUT2D eigenvalue weighted by molar-refractivity contribution is 7.90. The molecule has 9 nitrogen and oxygen atoms in total. The molecule has 1 saturated carbocycles. The third-order valence-electron chi connectivity index (χ3n) is 6.08. The molecule has 1 aliphatic heterocycles. The number of anilines is 1. The molecule has 168 valence electrons. The Hall–Kier alpha value is -3.14. The van der Waals surface area contributed by atoms with Crippen molar-refractivity contribution in [1.29, 1.82) is 0 Å². The van der Waals surface area contributed by atoms with E-state index < -0.39 is 9.84 Å². The molecule has 0 saturated heterocycles. The molecular formula is C22H24N4O5S. The Bertz CT molecular complexity index is 1340. The van der Waals surface area contributed by atoms with Crippen molar-refractivity contribution in [2.45, 2.75) is 37.3 Å². The second-order valence-corrected chi connectivity index (χ2v) is 10.5. The number of carbonyl (C=O) groups is 1. The fraction of sp³-hybridized carbons (Fsp3) is 0.409. The summed E-state index contributed by atoms with van der Waals surface area (Å²) in [5.41, 5.74) is 1.86. The van der Waals surface area contributed by atoms with Crippen molar-refractivity contribution < 1.29 is 22.7 Å². The van der Waals surface area contributed by atoms with Crippen LogP contribution >= 0.6 is 0 Å². The molecule has 1 fully saturated rings. The van der Waals surface area contributed by atoms with Gasteiger partial charge in [0.25, 0.3) is 0 Å². The second kappa shape index (κ2) is 7.47. The first-order valence-electron chi connectivity index (χ1n) is 10.5. The van der Waals surface area contributed by atoms with Crippen molar-refractivity contribution in [3.05, 3.63) is 24.5 Å². The quantitative estimate of drug-likeness (QED) is 0.642. The monoisotopic (exact) mass is 456 g/mol. The van der Waals surface area contributed by atoms with E-state index in [-0.39, 0.29) is 17.0 Å². The van der Waals surface area contributed by atoms with E-state index >= 15 is 0 Å². The zero-order valence-corrected chi connectivity index (χ0v) is 18.9. The van der Waals surface area contributed by atoms with Gasteiger partial charge in [0.15, 0.2) is 26.4 Å². The Labute approximate surface area is 185 Å². The van der Waals surface area contributed by atoms with Crippen molar-refractivity contribution in [2.24, 2.45) is 13.0 Å². The molecule has 1 unspecified atom stereocenters. The molecule has 4 heterocycles. The van der Waals surface area contributed by atoms with Gasteiger partial charge < -0.3 is 19.4 Å². The lowest BCUT2D eigenvalue weighted by Crippen LogP contribution is -2.39. The summed E-state index contributed by atoms with van der Waals surface area (Å²) in [6.45, 7) is 1.81. The number of carbonyl (C=O) groups excluding carboxylic acids is 1. The van der Waals surface area contributed by atoms with Gasteiger partial charge in [0.05, 0.1) is 11.7 Å². The van der Waals surface area contributed by atoms with Crippen molar-refractivity contribution in [3.8, 4) is 22.8 Å². The number of hydrogen-bond acceptors (Lipinski definition) is 7. The standard InChI is InChI=1S/C22H24N4O5S/c1-12(27)24-19-7-14-15(10-26(2)16(14)9-23-19)21-22-17(8-20(25-21)32(3,28)29)31-18(11-30-22)13-5-4-6-13/h7-10,13,18H,4-6,11H2,1-3H3,(H,23,24,27). The van der Waals surface area contributed by atoms with Crippen molar-refractivity contribution in [3.63, 3.8) is 0 Å². The van der Waals surface area contributed by atoms with Crippen LogP contribution in [0.2, 0.25) is 0 Å². The molecule has 1 aliphatic carbocycles. The molecule has 0 radical (unpaired) electrons. The average Bonchev–Trinajstić information content (AvgIpc) is 3.00. The number of aryl methyl sites for hydroxylation is 1. The van der Waals surface area contributed by atoms with Crippen LogP contribution in [-0.2, 0) is 21.7 Å². The molecule has 1 atom stereocenters. The molecule has 1 N–H and O–H groups in total. The summed E-state index contributed by atoms with van der Waals surface area (Å²) in [6, 6.07) is 3.20. The fourth-order valence-corrected chi connectivity index (χ4v) is 4.79.